The van der Waals surface area contributed by atoms with Crippen LogP contribution in [0.15, 0.2) is 124 Å². The van der Waals surface area contributed by atoms with Crippen molar-refractivity contribution in [3.05, 3.63) is 96.1 Å². The molecule has 2 heterocycles. The van der Waals surface area contributed by atoms with E-state index in [2.05, 4.69) is 84.9 Å². The molecule has 4 aromatic carbocycles. The Morgan fingerprint density at radius 2 is 0.651 bits per heavy atom. The van der Waals surface area contributed by atoms with Crippen LogP contribution in [0, 0.1) is 0 Å². The molecule has 0 saturated carbocycles. The zero-order chi connectivity index (χ0) is 29.1. The molecule has 0 amide bonds. The zero-order valence-electron chi connectivity index (χ0n) is 23.8. The molecule has 2 aliphatic heterocycles. The third-order valence-electron chi connectivity index (χ3n) is 6.69. The first-order chi connectivity index (χ1) is 21.3. The second kappa shape index (κ2) is 16.4. The predicted molar refractivity (Wildman–Crippen MR) is 174 cm³/mol. The van der Waals surface area contributed by atoms with Crippen LogP contribution in [-0.2, 0) is 36.9 Å². The average molecular weight is 651 g/mol. The lowest BCUT2D eigenvalue weighted by molar-refractivity contribution is -0.0140. The van der Waals surface area contributed by atoms with Crippen molar-refractivity contribution in [2.75, 3.05) is 52.9 Å². The van der Waals surface area contributed by atoms with E-state index in [0.29, 0.717) is 66.1 Å². The summed E-state index contributed by atoms with van der Waals surface area (Å²) in [4.78, 5) is 10.4. The monoisotopic (exact) mass is 650 g/mol. The summed E-state index contributed by atoms with van der Waals surface area (Å²) in [5.41, 5.74) is 2.45. The topological polar surface area (TPSA) is 46.2 Å². The number of rotatable bonds is 16. The highest BCUT2D eigenvalue weighted by atomic mass is 32.2. The summed E-state index contributed by atoms with van der Waals surface area (Å²) in [7, 11) is 0. The van der Waals surface area contributed by atoms with Gasteiger partial charge in [-0.15, -0.1) is 0 Å². The molecule has 0 aliphatic carbocycles. The molecule has 0 aromatic heterocycles. The van der Waals surface area contributed by atoms with E-state index in [-0.39, 0.29) is 0 Å². The van der Waals surface area contributed by atoms with E-state index in [1.54, 1.807) is 0 Å². The summed E-state index contributed by atoms with van der Waals surface area (Å²) < 4.78 is 28.8. The Bertz CT molecular complexity index is 1390. The largest absolute Gasteiger partial charge is 0.377 e. The zero-order valence-corrected chi connectivity index (χ0v) is 27.1. The van der Waals surface area contributed by atoms with Crippen LogP contribution >= 0.6 is 47.0 Å². The highest BCUT2D eigenvalue weighted by molar-refractivity contribution is 8.05. The molecular weight excluding hydrogens is 617 g/mol. The van der Waals surface area contributed by atoms with Crippen molar-refractivity contribution in [2.45, 2.75) is 52.4 Å². The van der Waals surface area contributed by atoms with E-state index in [9.17, 15) is 0 Å². The molecule has 0 spiro atoms. The molecule has 0 unspecified atom stereocenters. The number of hydrogen-bond acceptors (Lipinski definition) is 9. The fourth-order valence-corrected chi connectivity index (χ4v) is 9.35. The van der Waals surface area contributed by atoms with E-state index in [0.717, 1.165) is 0 Å². The molecule has 9 heteroatoms. The van der Waals surface area contributed by atoms with Crippen LogP contribution in [0.1, 0.15) is 11.1 Å². The van der Waals surface area contributed by atoms with Crippen molar-refractivity contribution in [1.29, 1.82) is 0 Å². The molecule has 0 bridgehead atoms. The van der Waals surface area contributed by atoms with Gasteiger partial charge >= 0.3 is 0 Å². The molecule has 0 N–H and O–H groups in total. The second-order valence-electron chi connectivity index (χ2n) is 9.73. The van der Waals surface area contributed by atoms with Gasteiger partial charge < -0.3 is 23.7 Å². The van der Waals surface area contributed by atoms with Crippen LogP contribution in [0.5, 0.6) is 0 Å². The van der Waals surface area contributed by atoms with E-state index in [1.807, 2.05) is 47.0 Å². The van der Waals surface area contributed by atoms with Gasteiger partial charge in [0.25, 0.3) is 0 Å². The van der Waals surface area contributed by atoms with E-state index in [1.165, 1.54) is 50.3 Å². The summed E-state index contributed by atoms with van der Waals surface area (Å²) in [6.45, 7) is 5.53. The van der Waals surface area contributed by atoms with Gasteiger partial charge in [-0.1, -0.05) is 95.6 Å². The first-order valence-corrected chi connectivity index (χ1v) is 17.6. The molecule has 224 valence electrons. The number of fused-ring (bicyclic) bond motifs is 4. The maximum Gasteiger partial charge on any atom is 0.0729 e. The van der Waals surface area contributed by atoms with E-state index < -0.39 is 0 Å². The number of ether oxygens (including phenoxy) is 5. The minimum atomic E-state index is 0.539. The summed E-state index contributed by atoms with van der Waals surface area (Å²) in [6.07, 6.45) is 0. The smallest absolute Gasteiger partial charge is 0.0729 e. The van der Waals surface area contributed by atoms with Crippen LogP contribution in [0.4, 0.5) is 0 Å². The van der Waals surface area contributed by atoms with Crippen molar-refractivity contribution in [2.24, 2.45) is 0 Å². The molecule has 0 saturated heterocycles. The fraction of sp³-hybridized carbons (Fsp3) is 0.294. The van der Waals surface area contributed by atoms with Crippen molar-refractivity contribution >= 4 is 47.0 Å². The maximum atomic E-state index is 5.91. The maximum absolute atomic E-state index is 5.91. The lowest BCUT2D eigenvalue weighted by atomic mass is 10.2. The number of benzene rings is 4. The highest BCUT2D eigenvalue weighted by Crippen LogP contribution is 2.50. The van der Waals surface area contributed by atoms with Crippen LogP contribution in [0.25, 0.3) is 0 Å². The minimum absolute atomic E-state index is 0.539. The van der Waals surface area contributed by atoms with Crippen LogP contribution in [0.2, 0.25) is 0 Å². The molecule has 0 fully saturated rings. The number of hydrogen-bond donors (Lipinski definition) is 0. The normalized spacial score (nSPS) is 13.2. The van der Waals surface area contributed by atoms with Gasteiger partial charge in [-0.05, 0) is 47.5 Å². The molecule has 5 nitrogen and oxygen atoms in total. The van der Waals surface area contributed by atoms with Gasteiger partial charge in [0.05, 0.1) is 66.1 Å². The third kappa shape index (κ3) is 8.63. The van der Waals surface area contributed by atoms with Crippen molar-refractivity contribution in [3.63, 3.8) is 0 Å². The van der Waals surface area contributed by atoms with Gasteiger partial charge in [0.2, 0.25) is 0 Å². The summed E-state index contributed by atoms with van der Waals surface area (Å²) in [5, 5.41) is 0. The van der Waals surface area contributed by atoms with Gasteiger partial charge in [-0.25, -0.2) is 0 Å². The SMILES string of the molecule is c1ccc2c(c1)Sc1cccc(COCCOCCOCCOCCOCc3cccc4c3Sc3ccccc3S4)c1S2. The van der Waals surface area contributed by atoms with Crippen LogP contribution < -0.4 is 0 Å². The predicted octanol–water partition coefficient (Wildman–Crippen LogP) is 8.70. The van der Waals surface area contributed by atoms with Gasteiger partial charge in [0.1, 0.15) is 0 Å². The van der Waals surface area contributed by atoms with Gasteiger partial charge in [-0.3, -0.25) is 0 Å². The Morgan fingerprint density at radius 3 is 1.05 bits per heavy atom. The molecule has 0 atom stereocenters. The fourth-order valence-electron chi connectivity index (χ4n) is 4.58. The Hall–Kier alpha value is -1.92. The van der Waals surface area contributed by atoms with Crippen LogP contribution in [0.3, 0.4) is 0 Å². The Morgan fingerprint density at radius 1 is 0.326 bits per heavy atom. The first kappa shape index (κ1) is 31.1. The molecule has 0 radical (unpaired) electrons. The van der Waals surface area contributed by atoms with Gasteiger partial charge in [-0.2, -0.15) is 0 Å². The second-order valence-corrected chi connectivity index (χ2v) is 14.0. The quantitative estimate of drug-likeness (QED) is 0.0958. The Balaban J connectivity index is 0.769. The van der Waals surface area contributed by atoms with Crippen molar-refractivity contribution in [1.82, 2.24) is 0 Å². The van der Waals surface area contributed by atoms with Crippen molar-refractivity contribution in [3.8, 4) is 0 Å². The van der Waals surface area contributed by atoms with E-state index in [4.69, 9.17) is 23.7 Å². The average Bonchev–Trinajstić information content (AvgIpc) is 3.04. The molecule has 2 aliphatic rings. The summed E-state index contributed by atoms with van der Waals surface area (Å²) in [6, 6.07) is 30.0. The molecule has 4 aromatic rings. The summed E-state index contributed by atoms with van der Waals surface area (Å²) in [5.74, 6) is 0. The van der Waals surface area contributed by atoms with Crippen molar-refractivity contribution < 1.29 is 23.7 Å². The molecule has 6 rings (SSSR count). The highest BCUT2D eigenvalue weighted by Gasteiger charge is 2.20. The molecular formula is C34H34O5S4. The standard InChI is InChI=1S/C34H34O5S4/c1-3-11-29-27(9-1)40-31-13-5-7-25(33(31)42-29)23-38-21-19-36-17-15-35-16-18-37-20-22-39-24-26-8-6-14-32-34(26)43-30-12-4-2-10-28(30)41-32/h1-14H,15-24H2. The first-order valence-electron chi connectivity index (χ1n) is 14.4. The Kier molecular flexibility index (Phi) is 11.9. The van der Waals surface area contributed by atoms with E-state index >= 15 is 0 Å². The third-order valence-corrected chi connectivity index (χ3v) is 12.0. The Labute approximate surface area is 270 Å². The lowest BCUT2D eigenvalue weighted by Crippen LogP contribution is -2.13. The lowest BCUT2D eigenvalue weighted by Gasteiger charge is -2.20. The van der Waals surface area contributed by atoms with Gasteiger partial charge in [0, 0.05) is 39.2 Å². The molecule has 43 heavy (non-hydrogen) atoms. The summed E-state index contributed by atoms with van der Waals surface area (Å²) >= 11 is 7.32. The minimum Gasteiger partial charge on any atom is -0.377 e. The van der Waals surface area contributed by atoms with Crippen LogP contribution in [-0.4, -0.2) is 52.9 Å². The van der Waals surface area contributed by atoms with Gasteiger partial charge in [0.15, 0.2) is 0 Å².